The van der Waals surface area contributed by atoms with Crippen LogP contribution in [0, 0.1) is 0 Å². The summed E-state index contributed by atoms with van der Waals surface area (Å²) in [5.41, 5.74) is 0.253. The second-order valence-electron chi connectivity index (χ2n) is 5.69. The number of hydrogen-bond acceptors (Lipinski definition) is 6. The molecule has 0 heterocycles. The van der Waals surface area contributed by atoms with Crippen molar-refractivity contribution in [2.75, 3.05) is 0 Å². The first-order chi connectivity index (χ1) is 12.2. The molecule has 0 saturated carbocycles. The van der Waals surface area contributed by atoms with Crippen LogP contribution in [0.5, 0.6) is 23.0 Å². The summed E-state index contributed by atoms with van der Waals surface area (Å²) in [4.78, 5) is 23.3. The minimum atomic E-state index is -1.30. The monoisotopic (exact) mass is 358 g/mol. The molecule has 0 fully saturated rings. The number of allylic oxidation sites excluding steroid dienone is 1. The number of aromatic carboxylic acids is 1. The standard InChI is InChI=1S/C19H18O7/c1-2-3-10-6-12(8-15(21)17(10)23)14(20)5-4-11-7-13(19(25)26)9-16(22)18(11)24/h4-9,21-24H,2-3H2,1H3,(H,25,26). The summed E-state index contributed by atoms with van der Waals surface area (Å²) in [5, 5.41) is 47.9. The minimum Gasteiger partial charge on any atom is -0.504 e. The summed E-state index contributed by atoms with van der Waals surface area (Å²) in [6, 6.07) is 4.58. The van der Waals surface area contributed by atoms with Crippen LogP contribution in [0.25, 0.3) is 6.08 Å². The van der Waals surface area contributed by atoms with Crippen molar-refractivity contribution >= 4 is 17.8 Å². The first kappa shape index (κ1) is 18.9. The molecule has 0 aliphatic carbocycles. The number of phenolic OH excluding ortho intramolecular Hbond substituents is 4. The Morgan fingerprint density at radius 2 is 1.54 bits per heavy atom. The number of hydrogen-bond donors (Lipinski definition) is 5. The number of phenols is 4. The van der Waals surface area contributed by atoms with Crippen LogP contribution >= 0.6 is 0 Å². The SMILES string of the molecule is CCCc1cc(C(=O)C=Cc2cc(C(=O)O)cc(O)c2O)cc(O)c1O. The van der Waals surface area contributed by atoms with E-state index in [0.717, 1.165) is 30.4 Å². The molecule has 7 nitrogen and oxygen atoms in total. The van der Waals surface area contributed by atoms with Gasteiger partial charge in [0.1, 0.15) is 0 Å². The molecule has 0 aliphatic heterocycles. The molecule has 0 amide bonds. The van der Waals surface area contributed by atoms with Crippen LogP contribution in [-0.2, 0) is 6.42 Å². The number of carboxylic acid groups (broad SMARTS) is 1. The Bertz CT molecular complexity index is 897. The van der Waals surface area contributed by atoms with E-state index >= 15 is 0 Å². The van der Waals surface area contributed by atoms with E-state index in [2.05, 4.69) is 0 Å². The average Bonchev–Trinajstić information content (AvgIpc) is 2.59. The van der Waals surface area contributed by atoms with E-state index in [9.17, 15) is 30.0 Å². The zero-order chi connectivity index (χ0) is 19.4. The molecular weight excluding hydrogens is 340 g/mol. The maximum Gasteiger partial charge on any atom is 0.335 e. The Morgan fingerprint density at radius 3 is 2.15 bits per heavy atom. The highest BCUT2D eigenvalue weighted by molar-refractivity contribution is 6.07. The van der Waals surface area contributed by atoms with E-state index < -0.39 is 29.0 Å². The maximum atomic E-state index is 12.3. The molecule has 0 atom stereocenters. The van der Waals surface area contributed by atoms with Gasteiger partial charge < -0.3 is 25.5 Å². The number of carboxylic acids is 1. The lowest BCUT2D eigenvalue weighted by Gasteiger charge is -2.08. The van der Waals surface area contributed by atoms with Gasteiger partial charge in [-0.25, -0.2) is 4.79 Å². The van der Waals surface area contributed by atoms with Gasteiger partial charge in [0.15, 0.2) is 28.8 Å². The number of aromatic hydroxyl groups is 4. The fourth-order valence-electron chi connectivity index (χ4n) is 2.43. The van der Waals surface area contributed by atoms with Crippen molar-refractivity contribution in [1.29, 1.82) is 0 Å². The second kappa shape index (κ2) is 7.60. The third-order valence-electron chi connectivity index (χ3n) is 3.75. The van der Waals surface area contributed by atoms with Gasteiger partial charge in [-0.05, 0) is 48.4 Å². The van der Waals surface area contributed by atoms with Crippen molar-refractivity contribution in [3.63, 3.8) is 0 Å². The second-order valence-corrected chi connectivity index (χ2v) is 5.69. The number of carbonyl (C=O) groups excluding carboxylic acids is 1. The first-order valence-electron chi connectivity index (χ1n) is 7.81. The lowest BCUT2D eigenvalue weighted by Crippen LogP contribution is -1.98. The number of ketones is 1. The van der Waals surface area contributed by atoms with Crippen LogP contribution in [0.15, 0.2) is 30.3 Å². The van der Waals surface area contributed by atoms with Gasteiger partial charge in [0.2, 0.25) is 0 Å². The molecule has 2 aromatic rings. The predicted molar refractivity (Wildman–Crippen MR) is 93.9 cm³/mol. The molecule has 136 valence electrons. The Morgan fingerprint density at radius 1 is 0.923 bits per heavy atom. The molecule has 0 aromatic heterocycles. The van der Waals surface area contributed by atoms with Crippen molar-refractivity contribution < 1.29 is 35.1 Å². The summed E-state index contributed by atoms with van der Waals surface area (Å²) in [7, 11) is 0. The van der Waals surface area contributed by atoms with Crippen LogP contribution < -0.4 is 0 Å². The summed E-state index contributed by atoms with van der Waals surface area (Å²) in [6.45, 7) is 1.88. The third kappa shape index (κ3) is 3.94. The highest BCUT2D eigenvalue weighted by Crippen LogP contribution is 2.33. The van der Waals surface area contributed by atoms with Crippen LogP contribution in [0.4, 0.5) is 0 Å². The summed E-state index contributed by atoms with van der Waals surface area (Å²) in [5.74, 6) is -3.69. The van der Waals surface area contributed by atoms with Crippen molar-refractivity contribution in [3.8, 4) is 23.0 Å². The Kier molecular flexibility index (Phi) is 5.51. The molecule has 0 unspecified atom stereocenters. The van der Waals surface area contributed by atoms with E-state index in [0.29, 0.717) is 18.4 Å². The van der Waals surface area contributed by atoms with Crippen LogP contribution in [0.1, 0.15) is 45.2 Å². The summed E-state index contributed by atoms with van der Waals surface area (Å²) < 4.78 is 0. The van der Waals surface area contributed by atoms with Gasteiger partial charge in [0.25, 0.3) is 0 Å². The number of benzene rings is 2. The lowest BCUT2D eigenvalue weighted by molar-refractivity contribution is 0.0696. The predicted octanol–water partition coefficient (Wildman–Crippen LogP) is 3.06. The molecule has 0 saturated heterocycles. The minimum absolute atomic E-state index is 0.0486. The molecule has 5 N–H and O–H groups in total. The fraction of sp³-hybridized carbons (Fsp3) is 0.158. The number of aryl methyl sites for hydroxylation is 1. The van der Waals surface area contributed by atoms with Gasteiger partial charge in [-0.1, -0.05) is 13.3 Å². The molecule has 7 heteroatoms. The number of carbonyl (C=O) groups is 2. The Balaban J connectivity index is 2.37. The van der Waals surface area contributed by atoms with Crippen LogP contribution in [-0.4, -0.2) is 37.3 Å². The van der Waals surface area contributed by atoms with Gasteiger partial charge in [0, 0.05) is 11.1 Å². The Labute approximate surface area is 149 Å². The zero-order valence-electron chi connectivity index (χ0n) is 13.9. The number of rotatable bonds is 6. The summed E-state index contributed by atoms with van der Waals surface area (Å²) >= 11 is 0. The fourth-order valence-corrected chi connectivity index (χ4v) is 2.43. The van der Waals surface area contributed by atoms with Crippen LogP contribution in [0.3, 0.4) is 0 Å². The molecule has 26 heavy (non-hydrogen) atoms. The van der Waals surface area contributed by atoms with E-state index in [4.69, 9.17) is 5.11 Å². The molecule has 0 spiro atoms. The highest BCUT2D eigenvalue weighted by atomic mass is 16.4. The average molecular weight is 358 g/mol. The van der Waals surface area contributed by atoms with Gasteiger partial charge in [0.05, 0.1) is 5.56 Å². The van der Waals surface area contributed by atoms with Crippen molar-refractivity contribution in [1.82, 2.24) is 0 Å². The van der Waals surface area contributed by atoms with Gasteiger partial charge in [-0.3, -0.25) is 4.79 Å². The molecule has 0 aliphatic rings. The molecule has 2 rings (SSSR count). The van der Waals surface area contributed by atoms with Crippen molar-refractivity contribution in [3.05, 3.63) is 52.6 Å². The largest absolute Gasteiger partial charge is 0.504 e. The highest BCUT2D eigenvalue weighted by Gasteiger charge is 2.14. The third-order valence-corrected chi connectivity index (χ3v) is 3.75. The van der Waals surface area contributed by atoms with Crippen molar-refractivity contribution in [2.45, 2.75) is 19.8 Å². The normalized spacial score (nSPS) is 11.0. The first-order valence-corrected chi connectivity index (χ1v) is 7.81. The smallest absolute Gasteiger partial charge is 0.335 e. The van der Waals surface area contributed by atoms with E-state index in [1.54, 1.807) is 0 Å². The van der Waals surface area contributed by atoms with E-state index in [1.807, 2.05) is 6.92 Å². The molecular formula is C19H18O7. The topological polar surface area (TPSA) is 135 Å². The quantitative estimate of drug-likeness (QED) is 0.304. The summed E-state index contributed by atoms with van der Waals surface area (Å²) in [6.07, 6.45) is 3.41. The zero-order valence-corrected chi connectivity index (χ0v) is 13.9. The van der Waals surface area contributed by atoms with Crippen molar-refractivity contribution in [2.24, 2.45) is 0 Å². The molecule has 0 bridgehead atoms. The lowest BCUT2D eigenvalue weighted by atomic mass is 10.0. The van der Waals surface area contributed by atoms with Gasteiger partial charge >= 0.3 is 5.97 Å². The van der Waals surface area contributed by atoms with Gasteiger partial charge in [-0.2, -0.15) is 0 Å². The maximum absolute atomic E-state index is 12.3. The molecule has 2 aromatic carbocycles. The van der Waals surface area contributed by atoms with Crippen LogP contribution in [0.2, 0.25) is 0 Å². The Hall–Kier alpha value is -3.48. The van der Waals surface area contributed by atoms with Gasteiger partial charge in [-0.15, -0.1) is 0 Å². The van der Waals surface area contributed by atoms with E-state index in [-0.39, 0.29) is 22.4 Å². The van der Waals surface area contributed by atoms with E-state index in [1.165, 1.54) is 6.07 Å². The molecule has 0 radical (unpaired) electrons.